The SMILES string of the molecule is N#CC(CS(=O)c1cccs1)c1ccccc1. The maximum atomic E-state index is 12.0. The second kappa shape index (κ2) is 5.76. The van der Waals surface area contributed by atoms with Crippen LogP contribution in [0.5, 0.6) is 0 Å². The van der Waals surface area contributed by atoms with Gasteiger partial charge in [-0.25, -0.2) is 0 Å². The molecule has 0 aliphatic rings. The Hall–Kier alpha value is -1.44. The average Bonchev–Trinajstić information content (AvgIpc) is 2.90. The number of thiophene rings is 1. The highest BCUT2D eigenvalue weighted by Gasteiger charge is 2.15. The molecule has 2 aromatic rings. The van der Waals surface area contributed by atoms with Gasteiger partial charge in [0, 0.05) is 5.75 Å². The van der Waals surface area contributed by atoms with Crippen LogP contribution in [0.2, 0.25) is 0 Å². The van der Waals surface area contributed by atoms with Crippen LogP contribution in [0.25, 0.3) is 0 Å². The fourth-order valence-corrected chi connectivity index (χ4v) is 3.73. The van der Waals surface area contributed by atoms with Crippen LogP contribution in [0.3, 0.4) is 0 Å². The van der Waals surface area contributed by atoms with Crippen LogP contribution in [0, 0.1) is 11.3 Å². The summed E-state index contributed by atoms with van der Waals surface area (Å²) in [6.45, 7) is 0. The summed E-state index contributed by atoms with van der Waals surface area (Å²) in [5.41, 5.74) is 0.930. The minimum Gasteiger partial charge on any atom is -0.253 e. The fourth-order valence-electron chi connectivity index (χ4n) is 1.52. The quantitative estimate of drug-likeness (QED) is 0.848. The van der Waals surface area contributed by atoms with E-state index in [1.54, 1.807) is 0 Å². The highest BCUT2D eigenvalue weighted by Crippen LogP contribution is 2.21. The van der Waals surface area contributed by atoms with Crippen LogP contribution >= 0.6 is 11.3 Å². The van der Waals surface area contributed by atoms with Gasteiger partial charge in [-0.2, -0.15) is 5.26 Å². The number of nitriles is 1. The molecule has 0 aliphatic carbocycles. The van der Waals surface area contributed by atoms with E-state index in [9.17, 15) is 4.21 Å². The van der Waals surface area contributed by atoms with Crippen molar-refractivity contribution in [3.05, 3.63) is 53.4 Å². The number of hydrogen-bond donors (Lipinski definition) is 0. The lowest BCUT2D eigenvalue weighted by Gasteiger charge is -2.07. The zero-order chi connectivity index (χ0) is 12.1. The summed E-state index contributed by atoms with van der Waals surface area (Å²) in [4.78, 5) is 0. The molecule has 0 radical (unpaired) electrons. The van der Waals surface area contributed by atoms with E-state index in [2.05, 4.69) is 6.07 Å². The summed E-state index contributed by atoms with van der Waals surface area (Å²) >= 11 is 1.47. The molecule has 0 N–H and O–H groups in total. The van der Waals surface area contributed by atoms with Crippen molar-refractivity contribution in [2.24, 2.45) is 0 Å². The van der Waals surface area contributed by atoms with Crippen molar-refractivity contribution in [2.45, 2.75) is 10.1 Å². The maximum Gasteiger partial charge on any atom is 0.0911 e. The molecule has 1 heterocycles. The Kier molecular flexibility index (Phi) is 4.08. The van der Waals surface area contributed by atoms with Crippen molar-refractivity contribution in [3.63, 3.8) is 0 Å². The van der Waals surface area contributed by atoms with E-state index in [4.69, 9.17) is 5.26 Å². The molecule has 17 heavy (non-hydrogen) atoms. The zero-order valence-corrected chi connectivity index (χ0v) is 10.7. The van der Waals surface area contributed by atoms with Gasteiger partial charge in [-0.05, 0) is 17.0 Å². The van der Waals surface area contributed by atoms with Gasteiger partial charge in [-0.15, -0.1) is 11.3 Å². The summed E-state index contributed by atoms with van der Waals surface area (Å²) < 4.78 is 12.9. The molecule has 86 valence electrons. The number of benzene rings is 1. The van der Waals surface area contributed by atoms with Gasteiger partial charge in [-0.1, -0.05) is 36.4 Å². The first kappa shape index (κ1) is 12.0. The van der Waals surface area contributed by atoms with Crippen LogP contribution in [0.1, 0.15) is 11.5 Å². The Morgan fingerprint density at radius 1 is 1.24 bits per heavy atom. The smallest absolute Gasteiger partial charge is 0.0911 e. The standard InChI is InChI=1S/C13H11NOS2/c14-9-12(11-5-2-1-3-6-11)10-17(15)13-7-4-8-16-13/h1-8,12H,10H2. The van der Waals surface area contributed by atoms with Crippen molar-refractivity contribution in [3.8, 4) is 6.07 Å². The van der Waals surface area contributed by atoms with Crippen LogP contribution < -0.4 is 0 Å². The molecule has 0 spiro atoms. The van der Waals surface area contributed by atoms with Crippen molar-refractivity contribution in [1.82, 2.24) is 0 Å². The van der Waals surface area contributed by atoms with Gasteiger partial charge < -0.3 is 0 Å². The molecular formula is C13H11NOS2. The second-order valence-electron chi connectivity index (χ2n) is 3.54. The van der Waals surface area contributed by atoms with E-state index < -0.39 is 10.8 Å². The molecular weight excluding hydrogens is 250 g/mol. The third kappa shape index (κ3) is 3.02. The van der Waals surface area contributed by atoms with Gasteiger partial charge in [0.05, 0.1) is 27.0 Å². The van der Waals surface area contributed by atoms with Gasteiger partial charge in [0.1, 0.15) is 0 Å². The molecule has 0 fully saturated rings. The zero-order valence-electron chi connectivity index (χ0n) is 9.08. The first-order chi connectivity index (χ1) is 8.31. The first-order valence-electron chi connectivity index (χ1n) is 5.17. The van der Waals surface area contributed by atoms with Gasteiger partial charge >= 0.3 is 0 Å². The summed E-state index contributed by atoms with van der Waals surface area (Å²) in [5.74, 6) is 0.0558. The van der Waals surface area contributed by atoms with Crippen molar-refractivity contribution < 1.29 is 4.21 Å². The minimum absolute atomic E-state index is 0.306. The largest absolute Gasteiger partial charge is 0.253 e. The van der Waals surface area contributed by atoms with E-state index in [-0.39, 0.29) is 5.92 Å². The molecule has 2 rings (SSSR count). The third-order valence-electron chi connectivity index (χ3n) is 2.40. The van der Waals surface area contributed by atoms with Crippen molar-refractivity contribution in [1.29, 1.82) is 5.26 Å². The molecule has 2 nitrogen and oxygen atoms in total. The Balaban J connectivity index is 2.12. The molecule has 4 heteroatoms. The molecule has 1 aromatic carbocycles. The molecule has 0 aliphatic heterocycles. The summed E-state index contributed by atoms with van der Waals surface area (Å²) in [5, 5.41) is 11.0. The van der Waals surface area contributed by atoms with Gasteiger partial charge in [0.2, 0.25) is 0 Å². The van der Waals surface area contributed by atoms with Crippen LogP contribution in [0.15, 0.2) is 52.1 Å². The summed E-state index contributed by atoms with van der Waals surface area (Å²) in [7, 11) is -1.09. The molecule has 0 amide bonds. The van der Waals surface area contributed by atoms with E-state index in [1.165, 1.54) is 11.3 Å². The van der Waals surface area contributed by atoms with Gasteiger partial charge in [-0.3, -0.25) is 4.21 Å². The number of rotatable bonds is 4. The molecule has 2 unspecified atom stereocenters. The fraction of sp³-hybridized carbons (Fsp3) is 0.154. The van der Waals surface area contributed by atoms with Crippen LogP contribution in [-0.2, 0) is 10.8 Å². The Morgan fingerprint density at radius 2 is 2.00 bits per heavy atom. The Morgan fingerprint density at radius 3 is 2.59 bits per heavy atom. The lowest BCUT2D eigenvalue weighted by Crippen LogP contribution is -2.07. The molecule has 2 atom stereocenters. The van der Waals surface area contributed by atoms with E-state index in [0.717, 1.165) is 9.77 Å². The first-order valence-corrected chi connectivity index (χ1v) is 7.37. The highest BCUT2D eigenvalue weighted by molar-refractivity contribution is 7.87. The van der Waals surface area contributed by atoms with Crippen molar-refractivity contribution >= 4 is 22.1 Å². The van der Waals surface area contributed by atoms with Crippen LogP contribution in [0.4, 0.5) is 0 Å². The van der Waals surface area contributed by atoms with E-state index >= 15 is 0 Å². The third-order valence-corrected chi connectivity index (χ3v) is 5.12. The predicted octanol–water partition coefficient (Wildman–Crippen LogP) is 3.16. The molecule has 1 aromatic heterocycles. The lowest BCUT2D eigenvalue weighted by molar-refractivity contribution is 0.682. The molecule has 0 bridgehead atoms. The normalized spacial score (nSPS) is 13.8. The second-order valence-corrected chi connectivity index (χ2v) is 6.21. The van der Waals surface area contributed by atoms with Crippen LogP contribution in [-0.4, -0.2) is 9.96 Å². The van der Waals surface area contributed by atoms with Gasteiger partial charge in [0.25, 0.3) is 0 Å². The molecule has 0 saturated carbocycles. The predicted molar refractivity (Wildman–Crippen MR) is 70.4 cm³/mol. The summed E-state index contributed by atoms with van der Waals surface area (Å²) in [6, 6.07) is 15.5. The minimum atomic E-state index is -1.09. The monoisotopic (exact) mass is 261 g/mol. The number of nitrogens with zero attached hydrogens (tertiary/aromatic N) is 1. The highest BCUT2D eigenvalue weighted by atomic mass is 32.2. The Bertz CT molecular complexity index is 528. The van der Waals surface area contributed by atoms with Crippen molar-refractivity contribution in [2.75, 3.05) is 5.75 Å². The lowest BCUT2D eigenvalue weighted by atomic mass is 10.0. The summed E-state index contributed by atoms with van der Waals surface area (Å²) in [6.07, 6.45) is 0. The Labute approximate surface area is 107 Å². The number of hydrogen-bond acceptors (Lipinski definition) is 3. The van der Waals surface area contributed by atoms with E-state index in [1.807, 2.05) is 47.8 Å². The maximum absolute atomic E-state index is 12.0. The average molecular weight is 261 g/mol. The van der Waals surface area contributed by atoms with Gasteiger partial charge in [0.15, 0.2) is 0 Å². The van der Waals surface area contributed by atoms with E-state index in [0.29, 0.717) is 5.75 Å². The topological polar surface area (TPSA) is 40.9 Å². The molecule has 0 saturated heterocycles.